The van der Waals surface area contributed by atoms with Gasteiger partial charge in [0.15, 0.2) is 0 Å². The highest BCUT2D eigenvalue weighted by atomic mass is 28.3. The van der Waals surface area contributed by atoms with Crippen LogP contribution < -0.4 is 10.4 Å². The summed E-state index contributed by atoms with van der Waals surface area (Å²) >= 11 is 0. The van der Waals surface area contributed by atoms with Crippen molar-refractivity contribution < 1.29 is 0 Å². The Morgan fingerprint density at radius 3 is 1.72 bits per heavy atom. The van der Waals surface area contributed by atoms with Crippen molar-refractivity contribution >= 4 is 61.5 Å². The van der Waals surface area contributed by atoms with Crippen molar-refractivity contribution in [1.82, 2.24) is 0 Å². The molecule has 1 heteroatoms. The lowest BCUT2D eigenvalue weighted by Gasteiger charge is -2.23. The van der Waals surface area contributed by atoms with Crippen molar-refractivity contribution in [2.45, 2.75) is 13.1 Å². The van der Waals surface area contributed by atoms with E-state index in [9.17, 15) is 0 Å². The van der Waals surface area contributed by atoms with E-state index in [4.69, 9.17) is 0 Å². The van der Waals surface area contributed by atoms with Gasteiger partial charge in [0.1, 0.15) is 8.07 Å². The van der Waals surface area contributed by atoms with Gasteiger partial charge in [0, 0.05) is 0 Å². The first-order chi connectivity index (χ1) is 21.1. The number of rotatable bonds is 2. The van der Waals surface area contributed by atoms with Crippen LogP contribution in [0.5, 0.6) is 0 Å². The molecular formula is C42H30Si. The number of benzene rings is 8. The third-order valence-corrected chi connectivity index (χ3v) is 13.4. The summed E-state index contributed by atoms with van der Waals surface area (Å²) in [7, 11) is -1.87. The maximum absolute atomic E-state index is 2.58. The second kappa shape index (κ2) is 9.01. The van der Waals surface area contributed by atoms with Gasteiger partial charge in [-0.2, -0.15) is 0 Å². The first-order valence-electron chi connectivity index (χ1n) is 15.2. The molecule has 0 saturated heterocycles. The number of hydrogen-bond donors (Lipinski definition) is 0. The van der Waals surface area contributed by atoms with Crippen LogP contribution in [0.2, 0.25) is 13.1 Å². The molecule has 0 fully saturated rings. The molecule has 0 N–H and O–H groups in total. The van der Waals surface area contributed by atoms with Gasteiger partial charge < -0.3 is 0 Å². The van der Waals surface area contributed by atoms with Crippen LogP contribution in [-0.2, 0) is 0 Å². The zero-order valence-corrected chi connectivity index (χ0v) is 25.4. The molecule has 0 amide bonds. The fraction of sp³-hybridized carbons (Fsp3) is 0.0476. The second-order valence-corrected chi connectivity index (χ2v) is 16.8. The average molecular weight is 563 g/mol. The van der Waals surface area contributed by atoms with Gasteiger partial charge in [-0.05, 0) is 99.0 Å². The molecule has 0 aliphatic carbocycles. The van der Waals surface area contributed by atoms with Crippen LogP contribution in [0.3, 0.4) is 0 Å². The van der Waals surface area contributed by atoms with Crippen LogP contribution in [0, 0.1) is 0 Å². The van der Waals surface area contributed by atoms with Crippen LogP contribution in [0.15, 0.2) is 146 Å². The summed E-state index contributed by atoms with van der Waals surface area (Å²) in [6.07, 6.45) is 0. The van der Waals surface area contributed by atoms with E-state index in [1.54, 1.807) is 10.4 Å². The van der Waals surface area contributed by atoms with E-state index in [0.29, 0.717) is 0 Å². The third kappa shape index (κ3) is 3.43. The van der Waals surface area contributed by atoms with E-state index in [-0.39, 0.29) is 0 Å². The molecule has 8 aromatic rings. The Morgan fingerprint density at radius 2 is 0.930 bits per heavy atom. The minimum atomic E-state index is -1.87. The molecule has 1 aliphatic rings. The van der Waals surface area contributed by atoms with Crippen molar-refractivity contribution in [1.29, 1.82) is 0 Å². The zero-order chi connectivity index (χ0) is 28.7. The minimum absolute atomic E-state index is 1.27. The molecule has 9 rings (SSSR count). The predicted molar refractivity (Wildman–Crippen MR) is 190 cm³/mol. The highest BCUT2D eigenvalue weighted by Gasteiger charge is 2.38. The molecule has 0 nitrogen and oxygen atoms in total. The van der Waals surface area contributed by atoms with E-state index < -0.39 is 8.07 Å². The fourth-order valence-electron chi connectivity index (χ4n) is 7.84. The maximum Gasteiger partial charge on any atom is 0.113 e. The Kier molecular flexibility index (Phi) is 5.15. The molecule has 0 radical (unpaired) electrons. The highest BCUT2D eigenvalue weighted by Crippen LogP contribution is 2.47. The first-order valence-corrected chi connectivity index (χ1v) is 18.2. The number of fused-ring (bicyclic) bond motifs is 8. The Morgan fingerprint density at radius 1 is 0.349 bits per heavy atom. The Labute approximate surface area is 252 Å². The summed E-state index contributed by atoms with van der Waals surface area (Å²) < 4.78 is 0. The Balaban J connectivity index is 1.53. The molecule has 0 saturated carbocycles. The molecule has 0 unspecified atom stereocenters. The zero-order valence-electron chi connectivity index (χ0n) is 24.4. The second-order valence-electron chi connectivity index (χ2n) is 12.5. The first kappa shape index (κ1) is 24.6. The Hall–Kier alpha value is -4.98. The van der Waals surface area contributed by atoms with E-state index in [0.717, 1.165) is 0 Å². The third-order valence-electron chi connectivity index (χ3n) is 9.83. The van der Waals surface area contributed by atoms with Crippen molar-refractivity contribution in [3.8, 4) is 33.4 Å². The molecule has 0 aromatic heterocycles. The van der Waals surface area contributed by atoms with Gasteiger partial charge in [0.25, 0.3) is 0 Å². The average Bonchev–Trinajstić information content (AvgIpc) is 3.28. The standard InChI is InChI=1S/C42H30Si/c1-43(2)39-23-13-12-20-32(39)35-25-37-38(26-40(35)43)41(27-14-4-3-5-15-27)33-21-10-11-22-34(33)42(37)36-24-28-16-6-7-17-29(28)30-18-8-9-19-31(30)36/h3-26H,1-2H3. The van der Waals surface area contributed by atoms with Gasteiger partial charge >= 0.3 is 0 Å². The lowest BCUT2D eigenvalue weighted by molar-refractivity contribution is 1.67. The van der Waals surface area contributed by atoms with Crippen LogP contribution >= 0.6 is 0 Å². The van der Waals surface area contributed by atoms with Gasteiger partial charge in [-0.3, -0.25) is 0 Å². The normalized spacial score (nSPS) is 13.5. The van der Waals surface area contributed by atoms with E-state index in [1.165, 1.54) is 76.5 Å². The van der Waals surface area contributed by atoms with Crippen LogP contribution in [0.1, 0.15) is 0 Å². The van der Waals surface area contributed by atoms with Gasteiger partial charge in [0.05, 0.1) is 0 Å². The Bertz CT molecular complexity index is 2410. The summed E-state index contributed by atoms with van der Waals surface area (Å²) in [6, 6.07) is 54.5. The van der Waals surface area contributed by atoms with E-state index in [2.05, 4.69) is 159 Å². The predicted octanol–water partition coefficient (Wildman–Crippen LogP) is 10.4. The molecule has 0 atom stereocenters. The van der Waals surface area contributed by atoms with Crippen molar-refractivity contribution in [2.24, 2.45) is 0 Å². The SMILES string of the molecule is C[Si]1(C)c2ccccc2-c2cc3c(-c4cc5ccccc5c5ccccc45)c4ccccc4c(-c4ccccc4)c3cc21. The smallest absolute Gasteiger partial charge is 0.0623 e. The summed E-state index contributed by atoms with van der Waals surface area (Å²) in [4.78, 5) is 0. The summed E-state index contributed by atoms with van der Waals surface area (Å²) in [6.45, 7) is 5.04. The van der Waals surface area contributed by atoms with Gasteiger partial charge in [0.2, 0.25) is 0 Å². The van der Waals surface area contributed by atoms with Gasteiger partial charge in [-0.15, -0.1) is 0 Å². The highest BCUT2D eigenvalue weighted by molar-refractivity contribution is 7.04. The lowest BCUT2D eigenvalue weighted by atomic mass is 9.83. The summed E-state index contributed by atoms with van der Waals surface area (Å²) in [5.74, 6) is 0. The summed E-state index contributed by atoms with van der Waals surface area (Å²) in [5.41, 5.74) is 8.08. The topological polar surface area (TPSA) is 0 Å². The van der Waals surface area contributed by atoms with E-state index in [1.807, 2.05) is 0 Å². The lowest BCUT2D eigenvalue weighted by Crippen LogP contribution is -2.49. The van der Waals surface area contributed by atoms with Crippen molar-refractivity contribution in [3.05, 3.63) is 146 Å². The molecule has 202 valence electrons. The van der Waals surface area contributed by atoms with Crippen LogP contribution in [0.4, 0.5) is 0 Å². The van der Waals surface area contributed by atoms with Crippen molar-refractivity contribution in [3.63, 3.8) is 0 Å². The molecule has 1 aliphatic heterocycles. The van der Waals surface area contributed by atoms with Gasteiger partial charge in [-0.25, -0.2) is 0 Å². The molecule has 0 bridgehead atoms. The number of hydrogen-bond acceptors (Lipinski definition) is 0. The van der Waals surface area contributed by atoms with Crippen molar-refractivity contribution in [2.75, 3.05) is 0 Å². The van der Waals surface area contributed by atoms with Crippen LogP contribution in [0.25, 0.3) is 76.5 Å². The molecule has 0 spiro atoms. The molecule has 8 aromatic carbocycles. The molecule has 1 heterocycles. The monoisotopic (exact) mass is 562 g/mol. The minimum Gasteiger partial charge on any atom is -0.0623 e. The van der Waals surface area contributed by atoms with E-state index >= 15 is 0 Å². The van der Waals surface area contributed by atoms with Gasteiger partial charge in [-0.1, -0.05) is 147 Å². The quantitative estimate of drug-likeness (QED) is 0.112. The molecule has 43 heavy (non-hydrogen) atoms. The largest absolute Gasteiger partial charge is 0.113 e. The van der Waals surface area contributed by atoms with Crippen LogP contribution in [-0.4, -0.2) is 8.07 Å². The summed E-state index contributed by atoms with van der Waals surface area (Å²) in [5, 5.41) is 13.6. The maximum atomic E-state index is 2.58. The fourth-order valence-corrected chi connectivity index (χ4v) is 10.9. The molecular weight excluding hydrogens is 533 g/mol.